The van der Waals surface area contributed by atoms with Crippen LogP contribution in [0.2, 0.25) is 0 Å². The van der Waals surface area contributed by atoms with Gasteiger partial charge in [0.05, 0.1) is 18.8 Å². The Kier molecular flexibility index (Phi) is 7.89. The minimum atomic E-state index is -0.622. The van der Waals surface area contributed by atoms with Crippen molar-refractivity contribution in [2.75, 3.05) is 24.7 Å². The maximum Gasteiger partial charge on any atom is 0.338 e. The minimum absolute atomic E-state index is 0.280. The van der Waals surface area contributed by atoms with Crippen LogP contribution < -0.4 is 4.90 Å². The molecule has 220 valence electrons. The van der Waals surface area contributed by atoms with E-state index in [1.54, 1.807) is 0 Å². The van der Waals surface area contributed by atoms with Gasteiger partial charge in [-0.05, 0) is 66.9 Å². The molecule has 1 atom stereocenters. The fourth-order valence-corrected chi connectivity index (χ4v) is 7.18. The Hall–Kier alpha value is -3.57. The highest BCUT2D eigenvalue weighted by atomic mass is 16.5. The second-order valence-corrected chi connectivity index (χ2v) is 12.3. The van der Waals surface area contributed by atoms with Gasteiger partial charge in [0.1, 0.15) is 0 Å². The van der Waals surface area contributed by atoms with Crippen LogP contribution in [0.5, 0.6) is 0 Å². The lowest BCUT2D eigenvalue weighted by Crippen LogP contribution is -2.51. The van der Waals surface area contributed by atoms with Crippen LogP contribution in [0.4, 0.5) is 5.69 Å². The predicted molar refractivity (Wildman–Crippen MR) is 173 cm³/mol. The van der Waals surface area contributed by atoms with Gasteiger partial charge in [-0.1, -0.05) is 83.2 Å². The highest BCUT2D eigenvalue weighted by Gasteiger charge is 2.59. The average Bonchev–Trinajstić information content (AvgIpc) is 3.62. The van der Waals surface area contributed by atoms with Gasteiger partial charge in [-0.25, -0.2) is 4.79 Å². The number of aromatic nitrogens is 1. The Morgan fingerprint density at radius 1 is 0.929 bits per heavy atom. The van der Waals surface area contributed by atoms with Gasteiger partial charge in [-0.2, -0.15) is 0 Å². The van der Waals surface area contributed by atoms with Crippen LogP contribution in [0.15, 0.2) is 66.7 Å². The third kappa shape index (κ3) is 4.72. The summed E-state index contributed by atoms with van der Waals surface area (Å²) in [6.45, 7) is 11.4. The van der Waals surface area contributed by atoms with E-state index in [4.69, 9.17) is 9.47 Å². The van der Waals surface area contributed by atoms with E-state index < -0.39 is 5.72 Å². The largest absolute Gasteiger partial charge is 0.462 e. The zero-order valence-corrected chi connectivity index (χ0v) is 25.6. The van der Waals surface area contributed by atoms with E-state index in [9.17, 15) is 4.79 Å². The van der Waals surface area contributed by atoms with E-state index in [2.05, 4.69) is 90.9 Å². The highest BCUT2D eigenvalue weighted by molar-refractivity contribution is 6.08. The van der Waals surface area contributed by atoms with Crippen LogP contribution in [-0.4, -0.2) is 36.0 Å². The maximum absolute atomic E-state index is 12.5. The first kappa shape index (κ1) is 28.5. The fraction of sp³-hybridized carbons (Fsp3) is 0.432. The molecule has 1 unspecified atom stereocenters. The van der Waals surface area contributed by atoms with Crippen LogP contribution in [0.1, 0.15) is 87.7 Å². The Balaban J connectivity index is 1.31. The second kappa shape index (κ2) is 11.6. The molecule has 4 aromatic rings. The molecule has 5 nitrogen and oxygen atoms in total. The molecule has 0 bridgehead atoms. The number of fused-ring (bicyclic) bond motifs is 6. The number of para-hydroxylation sites is 1. The van der Waals surface area contributed by atoms with E-state index in [1.165, 1.54) is 60.3 Å². The first-order valence-electron chi connectivity index (χ1n) is 15.8. The van der Waals surface area contributed by atoms with E-state index >= 15 is 0 Å². The summed E-state index contributed by atoms with van der Waals surface area (Å²) in [4.78, 5) is 14.9. The van der Waals surface area contributed by atoms with Gasteiger partial charge in [0.25, 0.3) is 0 Å². The molecule has 0 amide bonds. The lowest BCUT2D eigenvalue weighted by atomic mass is 9.77. The number of rotatable bonds is 11. The van der Waals surface area contributed by atoms with Gasteiger partial charge >= 0.3 is 5.97 Å². The zero-order chi connectivity index (χ0) is 29.3. The van der Waals surface area contributed by atoms with Crippen molar-refractivity contribution in [3.05, 3.63) is 83.4 Å². The third-order valence-corrected chi connectivity index (χ3v) is 9.44. The van der Waals surface area contributed by atoms with Crippen molar-refractivity contribution in [1.82, 2.24) is 4.57 Å². The number of carbonyl (C=O) groups excluding carboxylic acids is 1. The SMILES string of the molecule is CCCCCCCCn1c2ccccc2c2cc(/C=C/C34OCCN3c3ccc(C(=O)OCC)cc3C4(C)C)ccc21. The van der Waals surface area contributed by atoms with Gasteiger partial charge in [-0.15, -0.1) is 0 Å². The molecule has 3 heterocycles. The maximum atomic E-state index is 12.5. The number of unbranched alkanes of at least 4 members (excludes halogenated alkanes) is 5. The van der Waals surface area contributed by atoms with Crippen LogP contribution >= 0.6 is 0 Å². The first-order chi connectivity index (χ1) is 20.4. The number of esters is 1. The molecule has 2 aliphatic heterocycles. The summed E-state index contributed by atoms with van der Waals surface area (Å²) in [6.07, 6.45) is 12.2. The van der Waals surface area contributed by atoms with Crippen LogP contribution in [0.25, 0.3) is 27.9 Å². The lowest BCUT2D eigenvalue weighted by Gasteiger charge is -2.39. The van der Waals surface area contributed by atoms with E-state index in [1.807, 2.05) is 19.1 Å². The van der Waals surface area contributed by atoms with Gasteiger partial charge in [0.2, 0.25) is 0 Å². The second-order valence-electron chi connectivity index (χ2n) is 12.3. The highest BCUT2D eigenvalue weighted by Crippen LogP contribution is 2.55. The quantitative estimate of drug-likeness (QED) is 0.135. The molecule has 0 aliphatic carbocycles. The molecule has 0 saturated carbocycles. The molecule has 0 N–H and O–H groups in total. The predicted octanol–water partition coefficient (Wildman–Crippen LogP) is 8.87. The van der Waals surface area contributed by atoms with Gasteiger partial charge in [-0.3, -0.25) is 0 Å². The molecular weight excluding hydrogens is 520 g/mol. The van der Waals surface area contributed by atoms with E-state index in [0.717, 1.165) is 29.9 Å². The summed E-state index contributed by atoms with van der Waals surface area (Å²) in [6, 6.07) is 21.6. The zero-order valence-electron chi connectivity index (χ0n) is 25.6. The number of carbonyl (C=O) groups is 1. The summed E-state index contributed by atoms with van der Waals surface area (Å²) in [5.41, 5.74) is 5.63. The average molecular weight is 565 g/mol. The summed E-state index contributed by atoms with van der Waals surface area (Å²) < 4.78 is 14.4. The van der Waals surface area contributed by atoms with Crippen molar-refractivity contribution in [1.29, 1.82) is 0 Å². The summed E-state index contributed by atoms with van der Waals surface area (Å²) >= 11 is 0. The minimum Gasteiger partial charge on any atom is -0.462 e. The number of ether oxygens (including phenoxy) is 2. The van der Waals surface area contributed by atoms with E-state index in [-0.39, 0.29) is 11.4 Å². The summed E-state index contributed by atoms with van der Waals surface area (Å²) in [7, 11) is 0. The van der Waals surface area contributed by atoms with Crippen molar-refractivity contribution in [3.63, 3.8) is 0 Å². The van der Waals surface area contributed by atoms with Gasteiger partial charge in [0, 0.05) is 46.0 Å². The number of aryl methyl sites for hydroxylation is 1. The molecule has 6 rings (SSSR count). The van der Waals surface area contributed by atoms with Crippen LogP contribution in [-0.2, 0) is 21.4 Å². The molecule has 42 heavy (non-hydrogen) atoms. The van der Waals surface area contributed by atoms with Crippen LogP contribution in [0, 0.1) is 0 Å². The Bertz CT molecular complexity index is 1630. The molecule has 1 saturated heterocycles. The Morgan fingerprint density at radius 3 is 2.55 bits per heavy atom. The van der Waals surface area contributed by atoms with Crippen molar-refractivity contribution in [3.8, 4) is 0 Å². The van der Waals surface area contributed by atoms with Crippen molar-refractivity contribution >= 4 is 39.5 Å². The topological polar surface area (TPSA) is 43.7 Å². The smallest absolute Gasteiger partial charge is 0.338 e. The molecular formula is C37H44N2O3. The number of nitrogens with zero attached hydrogens (tertiary/aromatic N) is 2. The van der Waals surface area contributed by atoms with Crippen LogP contribution in [0.3, 0.4) is 0 Å². The number of anilines is 1. The molecule has 3 aromatic carbocycles. The molecule has 5 heteroatoms. The monoisotopic (exact) mass is 564 g/mol. The number of benzene rings is 3. The molecule has 0 spiro atoms. The molecule has 1 aromatic heterocycles. The number of hydrogen-bond donors (Lipinski definition) is 0. The standard InChI is InChI=1S/C37H44N2O3/c1-5-7-8-9-10-13-22-38-32-15-12-11-14-29(32)30-25-27(16-18-33(30)38)20-21-37-36(3,4)31-26-28(35(40)41-6-2)17-19-34(31)39(37)23-24-42-37/h11-12,14-21,25-26H,5-10,13,22-24H2,1-4H3/b21-20+. The normalized spacial score (nSPS) is 19.2. The van der Waals surface area contributed by atoms with Crippen molar-refractivity contribution in [2.45, 2.75) is 83.9 Å². The van der Waals surface area contributed by atoms with E-state index in [0.29, 0.717) is 18.8 Å². The first-order valence-corrected chi connectivity index (χ1v) is 15.8. The lowest BCUT2D eigenvalue weighted by molar-refractivity contribution is 0.000297. The van der Waals surface area contributed by atoms with Crippen molar-refractivity contribution in [2.24, 2.45) is 0 Å². The van der Waals surface area contributed by atoms with Gasteiger partial charge in [0.15, 0.2) is 5.72 Å². The third-order valence-electron chi connectivity index (χ3n) is 9.44. The fourth-order valence-electron chi connectivity index (χ4n) is 7.18. The summed E-state index contributed by atoms with van der Waals surface area (Å²) in [5.74, 6) is -0.280. The van der Waals surface area contributed by atoms with Crippen molar-refractivity contribution < 1.29 is 14.3 Å². The number of hydrogen-bond acceptors (Lipinski definition) is 4. The Labute approximate surface area is 250 Å². The van der Waals surface area contributed by atoms with Gasteiger partial charge < -0.3 is 18.9 Å². The Morgan fingerprint density at radius 2 is 1.71 bits per heavy atom. The molecule has 1 fully saturated rings. The molecule has 0 radical (unpaired) electrons. The summed E-state index contributed by atoms with van der Waals surface area (Å²) in [5, 5.41) is 2.61. The molecule has 2 aliphatic rings.